The SMILES string of the molecule is CCSCC1CCC(N(C)OC(=O)C(F)(F)F)CC1. The Hall–Kier alpha value is -0.430. The molecular weight excluding hydrogens is 279 g/mol. The molecule has 19 heavy (non-hydrogen) atoms. The molecule has 0 radical (unpaired) electrons. The number of hydrogen-bond acceptors (Lipinski definition) is 4. The predicted octanol–water partition coefficient (Wildman–Crippen LogP) is 3.25. The number of thioether (sulfide) groups is 1. The Morgan fingerprint density at radius 2 is 1.89 bits per heavy atom. The number of carbonyl (C=O) groups is 1. The van der Waals surface area contributed by atoms with E-state index in [1.54, 1.807) is 0 Å². The first-order valence-corrected chi connectivity index (χ1v) is 7.59. The molecule has 1 fully saturated rings. The molecule has 1 saturated carbocycles. The lowest BCUT2D eigenvalue weighted by Gasteiger charge is -2.33. The van der Waals surface area contributed by atoms with Crippen molar-refractivity contribution in [3.8, 4) is 0 Å². The number of hydroxylamine groups is 2. The van der Waals surface area contributed by atoms with Crippen LogP contribution in [0.4, 0.5) is 13.2 Å². The Bertz CT molecular complexity index is 291. The minimum absolute atomic E-state index is 0.103. The second kappa shape index (κ2) is 7.38. The zero-order valence-electron chi connectivity index (χ0n) is 11.2. The van der Waals surface area contributed by atoms with Crippen LogP contribution in [0.5, 0.6) is 0 Å². The molecule has 1 rings (SSSR count). The van der Waals surface area contributed by atoms with E-state index in [-0.39, 0.29) is 6.04 Å². The van der Waals surface area contributed by atoms with Crippen molar-refractivity contribution >= 4 is 17.7 Å². The van der Waals surface area contributed by atoms with Gasteiger partial charge in [-0.1, -0.05) is 6.92 Å². The number of alkyl halides is 3. The van der Waals surface area contributed by atoms with Crippen LogP contribution in [0.25, 0.3) is 0 Å². The molecule has 112 valence electrons. The van der Waals surface area contributed by atoms with Gasteiger partial charge in [0.15, 0.2) is 0 Å². The lowest BCUT2D eigenvalue weighted by molar-refractivity contribution is -0.242. The molecule has 0 aromatic carbocycles. The van der Waals surface area contributed by atoms with Gasteiger partial charge in [0.2, 0.25) is 0 Å². The quantitative estimate of drug-likeness (QED) is 0.729. The molecule has 7 heteroatoms. The average molecular weight is 299 g/mol. The summed E-state index contributed by atoms with van der Waals surface area (Å²) in [6.07, 6.45) is -1.42. The highest BCUT2D eigenvalue weighted by Crippen LogP contribution is 2.30. The van der Waals surface area contributed by atoms with Gasteiger partial charge in [0.25, 0.3) is 0 Å². The summed E-state index contributed by atoms with van der Waals surface area (Å²) in [5, 5.41) is 1.07. The van der Waals surface area contributed by atoms with Crippen molar-refractivity contribution in [1.29, 1.82) is 0 Å². The number of hydrogen-bond donors (Lipinski definition) is 0. The summed E-state index contributed by atoms with van der Waals surface area (Å²) in [5.41, 5.74) is 0. The topological polar surface area (TPSA) is 29.5 Å². The highest BCUT2D eigenvalue weighted by molar-refractivity contribution is 7.99. The van der Waals surface area contributed by atoms with Crippen LogP contribution >= 0.6 is 11.8 Å². The van der Waals surface area contributed by atoms with Crippen LogP contribution in [0, 0.1) is 5.92 Å². The Labute approximate surface area is 115 Å². The van der Waals surface area contributed by atoms with E-state index in [4.69, 9.17) is 0 Å². The lowest BCUT2D eigenvalue weighted by Crippen LogP contribution is -2.40. The molecule has 1 aliphatic rings. The van der Waals surface area contributed by atoms with E-state index in [0.29, 0.717) is 5.92 Å². The predicted molar refractivity (Wildman–Crippen MR) is 68.7 cm³/mol. The van der Waals surface area contributed by atoms with E-state index in [0.717, 1.165) is 42.3 Å². The molecule has 0 saturated heterocycles. The van der Waals surface area contributed by atoms with E-state index >= 15 is 0 Å². The van der Waals surface area contributed by atoms with Gasteiger partial charge >= 0.3 is 12.1 Å². The van der Waals surface area contributed by atoms with Crippen LogP contribution in [0.2, 0.25) is 0 Å². The molecular formula is C12H20F3NO2S. The Balaban J connectivity index is 2.32. The van der Waals surface area contributed by atoms with Crippen LogP contribution in [-0.2, 0) is 9.63 Å². The second-order valence-corrected chi connectivity index (χ2v) is 6.08. The normalized spacial score (nSPS) is 24.5. The van der Waals surface area contributed by atoms with Crippen molar-refractivity contribution < 1.29 is 22.8 Å². The maximum atomic E-state index is 12.1. The van der Waals surface area contributed by atoms with Crippen molar-refractivity contribution in [2.24, 2.45) is 5.92 Å². The van der Waals surface area contributed by atoms with Crippen molar-refractivity contribution in [3.05, 3.63) is 0 Å². The van der Waals surface area contributed by atoms with Crippen LogP contribution in [0.1, 0.15) is 32.6 Å². The largest absolute Gasteiger partial charge is 0.492 e. The van der Waals surface area contributed by atoms with Crippen molar-refractivity contribution in [3.63, 3.8) is 0 Å². The summed E-state index contributed by atoms with van der Waals surface area (Å²) in [5.74, 6) is 0.685. The van der Waals surface area contributed by atoms with Crippen molar-refractivity contribution in [2.75, 3.05) is 18.6 Å². The number of rotatable bonds is 5. The summed E-state index contributed by atoms with van der Waals surface area (Å²) >= 11 is 1.89. The molecule has 0 aliphatic heterocycles. The molecule has 0 spiro atoms. The van der Waals surface area contributed by atoms with E-state index in [1.807, 2.05) is 11.8 Å². The first-order valence-electron chi connectivity index (χ1n) is 6.44. The summed E-state index contributed by atoms with van der Waals surface area (Å²) in [7, 11) is 1.40. The lowest BCUT2D eigenvalue weighted by atomic mass is 9.87. The van der Waals surface area contributed by atoms with Crippen LogP contribution in [0.15, 0.2) is 0 Å². The zero-order chi connectivity index (χ0) is 14.5. The van der Waals surface area contributed by atoms with Gasteiger partial charge in [0.1, 0.15) is 0 Å². The van der Waals surface area contributed by atoms with Crippen molar-refractivity contribution in [1.82, 2.24) is 5.06 Å². The van der Waals surface area contributed by atoms with Gasteiger partial charge in [-0.15, -0.1) is 5.06 Å². The zero-order valence-corrected chi connectivity index (χ0v) is 12.0. The first kappa shape index (κ1) is 16.6. The Morgan fingerprint density at radius 1 is 1.32 bits per heavy atom. The Kier molecular flexibility index (Phi) is 6.46. The van der Waals surface area contributed by atoms with Crippen molar-refractivity contribution in [2.45, 2.75) is 44.8 Å². The van der Waals surface area contributed by atoms with Gasteiger partial charge in [-0.25, -0.2) is 4.79 Å². The molecule has 1 aliphatic carbocycles. The monoisotopic (exact) mass is 299 g/mol. The average Bonchev–Trinajstić information content (AvgIpc) is 2.35. The standard InChI is InChI=1S/C12H20F3NO2S/c1-3-19-8-9-4-6-10(7-5-9)16(2)18-11(17)12(13,14)15/h9-10H,3-8H2,1-2H3. The minimum Gasteiger partial charge on any atom is -0.361 e. The van der Waals surface area contributed by atoms with Gasteiger partial charge < -0.3 is 4.84 Å². The third-order valence-corrected chi connectivity index (χ3v) is 4.46. The summed E-state index contributed by atoms with van der Waals surface area (Å²) in [6.45, 7) is 2.11. The Morgan fingerprint density at radius 3 is 2.37 bits per heavy atom. The third kappa shape index (κ3) is 5.60. The van der Waals surface area contributed by atoms with E-state index in [2.05, 4.69) is 11.8 Å². The molecule has 0 heterocycles. The van der Waals surface area contributed by atoms with E-state index < -0.39 is 12.1 Å². The van der Waals surface area contributed by atoms with E-state index in [1.165, 1.54) is 7.05 Å². The molecule has 0 amide bonds. The van der Waals surface area contributed by atoms with Crippen LogP contribution in [-0.4, -0.2) is 41.8 Å². The number of halogens is 3. The smallest absolute Gasteiger partial charge is 0.361 e. The highest BCUT2D eigenvalue weighted by atomic mass is 32.2. The molecule has 0 aromatic rings. The maximum absolute atomic E-state index is 12.1. The maximum Gasteiger partial charge on any atom is 0.492 e. The number of nitrogens with zero attached hydrogens (tertiary/aromatic N) is 1. The fourth-order valence-corrected chi connectivity index (χ4v) is 3.12. The third-order valence-electron chi connectivity index (χ3n) is 3.35. The summed E-state index contributed by atoms with van der Waals surface area (Å²) in [4.78, 5) is 15.1. The van der Waals surface area contributed by atoms with Crippen LogP contribution in [0.3, 0.4) is 0 Å². The fraction of sp³-hybridized carbons (Fsp3) is 0.917. The van der Waals surface area contributed by atoms with Gasteiger partial charge in [-0.05, 0) is 43.1 Å². The molecule has 0 N–H and O–H groups in total. The van der Waals surface area contributed by atoms with Gasteiger partial charge in [-0.2, -0.15) is 24.9 Å². The summed E-state index contributed by atoms with van der Waals surface area (Å²) in [6, 6.07) is -0.103. The first-order chi connectivity index (χ1) is 8.84. The highest BCUT2D eigenvalue weighted by Gasteiger charge is 2.43. The van der Waals surface area contributed by atoms with Gasteiger partial charge in [-0.3, -0.25) is 0 Å². The molecule has 0 aromatic heterocycles. The van der Waals surface area contributed by atoms with Gasteiger partial charge in [0.05, 0.1) is 0 Å². The molecule has 0 atom stereocenters. The van der Waals surface area contributed by atoms with Gasteiger partial charge in [0, 0.05) is 13.1 Å². The van der Waals surface area contributed by atoms with Crippen LogP contribution < -0.4 is 0 Å². The molecule has 0 unspecified atom stereocenters. The van der Waals surface area contributed by atoms with E-state index in [9.17, 15) is 18.0 Å². The number of carbonyl (C=O) groups excluding carboxylic acids is 1. The minimum atomic E-state index is -4.93. The fourth-order valence-electron chi connectivity index (χ4n) is 2.22. The summed E-state index contributed by atoms with van der Waals surface area (Å²) < 4.78 is 36.2. The second-order valence-electron chi connectivity index (χ2n) is 4.76. The molecule has 0 bridgehead atoms. The molecule has 3 nitrogen and oxygen atoms in total.